The van der Waals surface area contributed by atoms with E-state index in [9.17, 15) is 27.6 Å². The van der Waals surface area contributed by atoms with Crippen molar-refractivity contribution in [2.24, 2.45) is 5.41 Å². The predicted molar refractivity (Wildman–Crippen MR) is 180 cm³/mol. The molecular formula is C36H39F3N8O4. The maximum Gasteiger partial charge on any atom is 0.433 e. The fourth-order valence-electron chi connectivity index (χ4n) is 7.45. The summed E-state index contributed by atoms with van der Waals surface area (Å²) in [5, 5.41) is 7.79. The summed E-state index contributed by atoms with van der Waals surface area (Å²) in [6, 6.07) is 2.62. The van der Waals surface area contributed by atoms with Crippen molar-refractivity contribution in [2.45, 2.75) is 96.9 Å². The number of pyridine rings is 2. The van der Waals surface area contributed by atoms with Crippen LogP contribution in [0.25, 0.3) is 22.2 Å². The summed E-state index contributed by atoms with van der Waals surface area (Å²) in [6.07, 6.45) is 4.81. The second-order valence-corrected chi connectivity index (χ2v) is 14.0. The van der Waals surface area contributed by atoms with Gasteiger partial charge in [-0.1, -0.05) is 25.3 Å². The van der Waals surface area contributed by atoms with Gasteiger partial charge in [-0.05, 0) is 63.6 Å². The molecule has 15 heteroatoms. The van der Waals surface area contributed by atoms with E-state index in [2.05, 4.69) is 25.4 Å². The summed E-state index contributed by atoms with van der Waals surface area (Å²) in [5.41, 5.74) is 1.51. The molecule has 2 aliphatic heterocycles. The Kier molecular flexibility index (Phi) is 9.10. The molecule has 1 N–H and O–H groups in total. The number of hydrogen-bond acceptors (Lipinski definition) is 9. The van der Waals surface area contributed by atoms with Gasteiger partial charge in [0.2, 0.25) is 11.8 Å². The highest BCUT2D eigenvalue weighted by molar-refractivity contribution is 6.06. The highest BCUT2D eigenvalue weighted by atomic mass is 19.4. The summed E-state index contributed by atoms with van der Waals surface area (Å²) in [7, 11) is 0. The van der Waals surface area contributed by atoms with Gasteiger partial charge in [-0.3, -0.25) is 24.0 Å². The highest BCUT2D eigenvalue weighted by Crippen LogP contribution is 2.60. The van der Waals surface area contributed by atoms with E-state index in [1.807, 2.05) is 0 Å². The third-order valence-corrected chi connectivity index (χ3v) is 10.2. The molecule has 3 aliphatic rings. The van der Waals surface area contributed by atoms with Gasteiger partial charge in [0.1, 0.15) is 35.6 Å². The van der Waals surface area contributed by atoms with Gasteiger partial charge in [-0.2, -0.15) is 18.3 Å². The van der Waals surface area contributed by atoms with E-state index in [0.717, 1.165) is 38.2 Å². The van der Waals surface area contributed by atoms with Crippen LogP contribution in [0.15, 0.2) is 30.6 Å². The van der Waals surface area contributed by atoms with E-state index in [1.54, 1.807) is 32.3 Å². The molecule has 0 aromatic carbocycles. The first-order valence-corrected chi connectivity index (χ1v) is 17.3. The van der Waals surface area contributed by atoms with Gasteiger partial charge in [0.15, 0.2) is 5.78 Å². The van der Waals surface area contributed by atoms with Gasteiger partial charge >= 0.3 is 6.18 Å². The van der Waals surface area contributed by atoms with Crippen LogP contribution in [0.3, 0.4) is 0 Å². The maximum atomic E-state index is 14.4. The van der Waals surface area contributed by atoms with Crippen molar-refractivity contribution in [1.29, 1.82) is 0 Å². The molecule has 3 atom stereocenters. The minimum absolute atomic E-state index is 0.195. The Morgan fingerprint density at radius 3 is 2.51 bits per heavy atom. The average molecular weight is 705 g/mol. The van der Waals surface area contributed by atoms with Crippen LogP contribution < -0.4 is 5.32 Å². The highest BCUT2D eigenvalue weighted by Gasteiger charge is 2.67. The van der Waals surface area contributed by atoms with E-state index in [4.69, 9.17) is 9.72 Å². The summed E-state index contributed by atoms with van der Waals surface area (Å²) in [4.78, 5) is 60.1. The van der Waals surface area contributed by atoms with Crippen LogP contribution in [0.1, 0.15) is 85.1 Å². The molecule has 4 aromatic heterocycles. The van der Waals surface area contributed by atoms with E-state index < -0.39 is 35.1 Å². The lowest BCUT2D eigenvalue weighted by atomic mass is 10.00. The molecule has 51 heavy (non-hydrogen) atoms. The number of hydrogen-bond donors (Lipinski definition) is 1. The molecule has 1 aliphatic carbocycles. The number of carbonyl (C=O) groups is 3. The van der Waals surface area contributed by atoms with Crippen molar-refractivity contribution in [3.05, 3.63) is 59.1 Å². The Morgan fingerprint density at radius 1 is 1.02 bits per heavy atom. The van der Waals surface area contributed by atoms with E-state index in [1.165, 1.54) is 22.6 Å². The zero-order valence-corrected chi connectivity index (χ0v) is 28.7. The van der Waals surface area contributed by atoms with Crippen molar-refractivity contribution in [3.8, 4) is 11.3 Å². The lowest BCUT2D eigenvalue weighted by Crippen LogP contribution is -2.47. The van der Waals surface area contributed by atoms with Crippen LogP contribution in [0.2, 0.25) is 0 Å². The number of anilines is 1. The second-order valence-electron chi connectivity index (χ2n) is 14.0. The number of nitrogens with zero attached hydrogens (tertiary/aromatic N) is 7. The van der Waals surface area contributed by atoms with Crippen LogP contribution >= 0.6 is 0 Å². The number of ketones is 1. The number of carbonyl (C=O) groups excluding carboxylic acids is 3. The van der Waals surface area contributed by atoms with Crippen molar-refractivity contribution in [2.75, 3.05) is 18.5 Å². The van der Waals surface area contributed by atoms with Gasteiger partial charge in [-0.15, -0.1) is 0 Å². The number of piperidine rings is 1. The lowest BCUT2D eigenvalue weighted by Gasteiger charge is -2.27. The van der Waals surface area contributed by atoms with Crippen molar-refractivity contribution >= 4 is 34.3 Å². The Morgan fingerprint density at radius 2 is 1.76 bits per heavy atom. The number of halogens is 3. The quantitative estimate of drug-likeness (QED) is 0.267. The van der Waals surface area contributed by atoms with Crippen LogP contribution in [0.4, 0.5) is 19.0 Å². The fourth-order valence-corrected chi connectivity index (χ4v) is 7.45. The topological polar surface area (TPSA) is 145 Å². The third kappa shape index (κ3) is 6.83. The maximum absolute atomic E-state index is 14.4. The number of nitrogens with one attached hydrogen (secondary N) is 1. The third-order valence-electron chi connectivity index (χ3n) is 10.2. The van der Waals surface area contributed by atoms with E-state index >= 15 is 0 Å². The molecule has 1 saturated heterocycles. The minimum Gasteiger partial charge on any atom is -0.381 e. The monoisotopic (exact) mass is 704 g/mol. The summed E-state index contributed by atoms with van der Waals surface area (Å²) < 4.78 is 48.0. The standard InChI is InChI=1S/C36H39F3N8O4/c1-20-10-11-28(36(37,38)39)43-33(20)44-34(50)27-14-35-15-29(35)47(27)30(49)18-46-32-24(31(45-46)21(2)48)13-26(23-16-40-22(3)41-17-23)42-25(32)9-7-5-4-6-8-12-51-19-35/h10-11,13,16-17,27,29H,4-9,12,14-15,18-19H2,1-3H3,(H,43,44,50)/t27-,29+,35-/m0/s1. The number of aromatic nitrogens is 6. The molecule has 1 saturated carbocycles. The number of ether oxygens (including phenoxy) is 1. The summed E-state index contributed by atoms with van der Waals surface area (Å²) >= 11 is 0. The first-order chi connectivity index (χ1) is 24.3. The predicted octanol–water partition coefficient (Wildman–Crippen LogP) is 5.64. The number of rotatable bonds is 4. The minimum atomic E-state index is -4.69. The van der Waals surface area contributed by atoms with Gasteiger partial charge in [0, 0.05) is 48.3 Å². The largest absolute Gasteiger partial charge is 0.433 e. The van der Waals surface area contributed by atoms with Crippen LogP contribution in [0.5, 0.6) is 0 Å². The zero-order chi connectivity index (χ0) is 36.1. The molecule has 268 valence electrons. The van der Waals surface area contributed by atoms with E-state index in [0.29, 0.717) is 71.7 Å². The molecule has 0 radical (unpaired) electrons. The molecule has 4 aromatic rings. The van der Waals surface area contributed by atoms with Crippen LogP contribution in [-0.4, -0.2) is 77.5 Å². The van der Waals surface area contributed by atoms with Gasteiger partial charge < -0.3 is 15.0 Å². The first kappa shape index (κ1) is 34.6. The zero-order valence-electron chi connectivity index (χ0n) is 28.7. The molecule has 6 heterocycles. The SMILES string of the molecule is CC(=O)c1nn2c3c(nc(-c4cnc(C)nc4)cc13)CCCCCCCOC[C@@]13C[C@@H](C(=O)Nc4nc(C(F)(F)F)ccc4C)N(C(=O)C2)[C@@H]1C3. The molecule has 0 unspecified atom stereocenters. The molecule has 2 bridgehead atoms. The fraction of sp³-hybridized carbons (Fsp3) is 0.500. The molecule has 7 rings (SSSR count). The molecule has 2 fully saturated rings. The molecular weight excluding hydrogens is 665 g/mol. The Labute approximate surface area is 292 Å². The van der Waals surface area contributed by atoms with Crippen molar-refractivity contribution in [1.82, 2.24) is 34.6 Å². The Balaban J connectivity index is 1.27. The number of amides is 2. The molecule has 12 nitrogen and oxygen atoms in total. The van der Waals surface area contributed by atoms with E-state index in [-0.39, 0.29) is 29.9 Å². The van der Waals surface area contributed by atoms with Gasteiger partial charge in [0.25, 0.3) is 0 Å². The van der Waals surface area contributed by atoms with Gasteiger partial charge in [0.05, 0.1) is 23.5 Å². The van der Waals surface area contributed by atoms with Crippen molar-refractivity contribution < 1.29 is 32.3 Å². The van der Waals surface area contributed by atoms with Gasteiger partial charge in [-0.25, -0.2) is 15.0 Å². The number of Topliss-reactive ketones (excluding diaryl/α,β-unsaturated/α-hetero) is 1. The number of alkyl halides is 3. The lowest BCUT2D eigenvalue weighted by molar-refractivity contribution is -0.141. The van der Waals surface area contributed by atoms with Crippen LogP contribution in [-0.2, 0) is 33.5 Å². The Hall–Kier alpha value is -4.79. The van der Waals surface area contributed by atoms with Crippen LogP contribution in [0, 0.1) is 19.3 Å². The Bertz CT molecular complexity index is 2010. The van der Waals surface area contributed by atoms with Crippen molar-refractivity contribution in [3.63, 3.8) is 0 Å². The summed E-state index contributed by atoms with van der Waals surface area (Å²) in [6.45, 7) is 5.41. The normalized spacial score (nSPS) is 22.8. The molecule has 2 amide bonds. The smallest absolute Gasteiger partial charge is 0.381 e. The first-order valence-electron chi connectivity index (χ1n) is 17.3. The summed E-state index contributed by atoms with van der Waals surface area (Å²) in [5.74, 6) is -0.908. The average Bonchev–Trinajstić information content (AvgIpc) is 3.48. The number of aryl methyl sites for hydroxylation is 3. The second kappa shape index (κ2) is 13.4. The molecule has 0 spiro atoms.